The lowest BCUT2D eigenvalue weighted by atomic mass is 10.1. The van der Waals surface area contributed by atoms with Gasteiger partial charge in [-0.15, -0.1) is 11.3 Å². The first-order valence-electron chi connectivity index (χ1n) is 6.06. The van der Waals surface area contributed by atoms with E-state index < -0.39 is 0 Å². The van der Waals surface area contributed by atoms with Gasteiger partial charge in [0.05, 0.1) is 10.7 Å². The number of anilines is 1. The smallest absolute Gasteiger partial charge is 0.275 e. The molecule has 0 aliphatic carbocycles. The van der Waals surface area contributed by atoms with Crippen LogP contribution in [0.15, 0.2) is 41.9 Å². The van der Waals surface area contributed by atoms with Crippen molar-refractivity contribution >= 4 is 22.9 Å². The number of nitrogens with one attached hydrogen (secondary N) is 2. The van der Waals surface area contributed by atoms with Gasteiger partial charge in [-0.25, -0.2) is 4.98 Å². The fourth-order valence-electron chi connectivity index (χ4n) is 1.84. The first-order chi connectivity index (χ1) is 9.72. The normalized spacial score (nSPS) is 10.4. The summed E-state index contributed by atoms with van der Waals surface area (Å²) in [5.41, 5.74) is 3.05. The topological polar surface area (TPSA) is 70.7 Å². The minimum atomic E-state index is -0.198. The molecule has 6 heteroatoms. The van der Waals surface area contributed by atoms with E-state index in [1.54, 1.807) is 11.6 Å². The number of hydrogen-bond donors (Lipinski definition) is 2. The monoisotopic (exact) mass is 284 g/mol. The van der Waals surface area contributed by atoms with Crippen molar-refractivity contribution in [3.05, 3.63) is 52.6 Å². The maximum absolute atomic E-state index is 12.0. The summed E-state index contributed by atoms with van der Waals surface area (Å²) in [6.07, 6.45) is 1.69. The van der Waals surface area contributed by atoms with Crippen LogP contribution in [0.2, 0.25) is 0 Å². The number of benzene rings is 1. The molecule has 100 valence electrons. The van der Waals surface area contributed by atoms with E-state index in [0.29, 0.717) is 5.69 Å². The van der Waals surface area contributed by atoms with Gasteiger partial charge in [0, 0.05) is 22.8 Å². The van der Waals surface area contributed by atoms with Gasteiger partial charge in [0.15, 0.2) is 0 Å². The number of carbonyl (C=O) groups excluding carboxylic acids is 1. The van der Waals surface area contributed by atoms with Gasteiger partial charge in [-0.2, -0.15) is 5.10 Å². The predicted octanol–water partition coefficient (Wildman–Crippen LogP) is 3.09. The van der Waals surface area contributed by atoms with Crippen LogP contribution in [0.3, 0.4) is 0 Å². The summed E-state index contributed by atoms with van der Waals surface area (Å²) in [6, 6.07) is 9.46. The number of carbonyl (C=O) groups is 1. The SMILES string of the molecule is Cc1nc(C(=O)Nc2cccc(-c3ccn[nH]3)c2)cs1. The summed E-state index contributed by atoms with van der Waals surface area (Å²) in [5.74, 6) is -0.198. The zero-order chi connectivity index (χ0) is 13.9. The lowest BCUT2D eigenvalue weighted by Crippen LogP contribution is -2.12. The Hall–Kier alpha value is -2.47. The molecule has 5 nitrogen and oxygen atoms in total. The zero-order valence-corrected chi connectivity index (χ0v) is 11.6. The quantitative estimate of drug-likeness (QED) is 0.776. The Kier molecular flexibility index (Phi) is 3.30. The Bertz CT molecular complexity index is 733. The number of thiazole rings is 1. The number of aryl methyl sites for hydroxylation is 1. The van der Waals surface area contributed by atoms with Crippen molar-refractivity contribution in [1.29, 1.82) is 0 Å². The highest BCUT2D eigenvalue weighted by Gasteiger charge is 2.10. The fourth-order valence-corrected chi connectivity index (χ4v) is 2.44. The summed E-state index contributed by atoms with van der Waals surface area (Å²) in [4.78, 5) is 16.2. The highest BCUT2D eigenvalue weighted by molar-refractivity contribution is 7.09. The molecule has 0 saturated carbocycles. The van der Waals surface area contributed by atoms with Gasteiger partial charge in [0.25, 0.3) is 5.91 Å². The molecule has 20 heavy (non-hydrogen) atoms. The molecule has 1 aromatic carbocycles. The molecule has 2 aromatic heterocycles. The van der Waals surface area contributed by atoms with E-state index in [4.69, 9.17) is 0 Å². The van der Waals surface area contributed by atoms with Crippen molar-refractivity contribution in [3.63, 3.8) is 0 Å². The molecule has 0 saturated heterocycles. The van der Waals surface area contributed by atoms with E-state index in [1.807, 2.05) is 37.3 Å². The van der Waals surface area contributed by atoms with Crippen molar-refractivity contribution in [3.8, 4) is 11.3 Å². The number of aromatic nitrogens is 3. The van der Waals surface area contributed by atoms with Gasteiger partial charge >= 0.3 is 0 Å². The van der Waals surface area contributed by atoms with Crippen LogP contribution < -0.4 is 5.32 Å². The summed E-state index contributed by atoms with van der Waals surface area (Å²) < 4.78 is 0. The molecule has 3 rings (SSSR count). The summed E-state index contributed by atoms with van der Waals surface area (Å²) in [7, 11) is 0. The average Bonchev–Trinajstić information content (AvgIpc) is 3.10. The molecule has 0 aliphatic rings. The molecule has 0 radical (unpaired) electrons. The van der Waals surface area contributed by atoms with Gasteiger partial charge in [-0.3, -0.25) is 9.89 Å². The molecule has 0 spiro atoms. The van der Waals surface area contributed by atoms with Crippen LogP contribution in [-0.4, -0.2) is 21.1 Å². The molecular weight excluding hydrogens is 272 g/mol. The average molecular weight is 284 g/mol. The minimum Gasteiger partial charge on any atom is -0.321 e. The van der Waals surface area contributed by atoms with Crippen LogP contribution in [0.1, 0.15) is 15.5 Å². The largest absolute Gasteiger partial charge is 0.321 e. The minimum absolute atomic E-state index is 0.198. The summed E-state index contributed by atoms with van der Waals surface area (Å²) in [5, 5.41) is 12.3. The Morgan fingerprint density at radius 2 is 2.25 bits per heavy atom. The molecule has 0 fully saturated rings. The maximum Gasteiger partial charge on any atom is 0.275 e. The van der Waals surface area contributed by atoms with Gasteiger partial charge in [-0.05, 0) is 25.1 Å². The van der Waals surface area contributed by atoms with Crippen LogP contribution >= 0.6 is 11.3 Å². The summed E-state index contributed by atoms with van der Waals surface area (Å²) >= 11 is 1.46. The van der Waals surface area contributed by atoms with E-state index in [1.165, 1.54) is 11.3 Å². The van der Waals surface area contributed by atoms with Crippen molar-refractivity contribution in [2.75, 3.05) is 5.32 Å². The van der Waals surface area contributed by atoms with E-state index >= 15 is 0 Å². The number of nitrogens with zero attached hydrogens (tertiary/aromatic N) is 2. The third kappa shape index (κ3) is 2.60. The van der Waals surface area contributed by atoms with Crippen LogP contribution in [0.5, 0.6) is 0 Å². The van der Waals surface area contributed by atoms with Crippen molar-refractivity contribution in [1.82, 2.24) is 15.2 Å². The molecular formula is C14H12N4OS. The molecule has 0 unspecified atom stereocenters. The molecule has 0 atom stereocenters. The predicted molar refractivity (Wildman–Crippen MR) is 78.8 cm³/mol. The Morgan fingerprint density at radius 3 is 2.95 bits per heavy atom. The van der Waals surface area contributed by atoms with E-state index in [9.17, 15) is 4.79 Å². The second-order valence-corrected chi connectivity index (χ2v) is 5.32. The first-order valence-corrected chi connectivity index (χ1v) is 6.93. The molecule has 0 bridgehead atoms. The van der Waals surface area contributed by atoms with Crippen LogP contribution in [0, 0.1) is 6.92 Å². The maximum atomic E-state index is 12.0. The first kappa shape index (κ1) is 12.6. The van der Waals surface area contributed by atoms with Gasteiger partial charge < -0.3 is 5.32 Å². The molecule has 0 aliphatic heterocycles. The van der Waals surface area contributed by atoms with E-state index in [0.717, 1.165) is 22.0 Å². The zero-order valence-electron chi connectivity index (χ0n) is 10.8. The van der Waals surface area contributed by atoms with Crippen molar-refractivity contribution < 1.29 is 4.79 Å². The van der Waals surface area contributed by atoms with Gasteiger partial charge in [0.2, 0.25) is 0 Å². The second kappa shape index (κ2) is 5.26. The number of aromatic amines is 1. The number of rotatable bonds is 3. The van der Waals surface area contributed by atoms with Gasteiger partial charge in [0.1, 0.15) is 5.69 Å². The van der Waals surface area contributed by atoms with Crippen LogP contribution in [0.4, 0.5) is 5.69 Å². The van der Waals surface area contributed by atoms with E-state index in [-0.39, 0.29) is 5.91 Å². The highest BCUT2D eigenvalue weighted by atomic mass is 32.1. The molecule has 3 aromatic rings. The standard InChI is InChI=1S/C14H12N4OS/c1-9-16-13(8-20-9)14(19)17-11-4-2-3-10(7-11)12-5-6-15-18-12/h2-8H,1H3,(H,15,18)(H,17,19). The Labute approximate surface area is 119 Å². The highest BCUT2D eigenvalue weighted by Crippen LogP contribution is 2.21. The van der Waals surface area contributed by atoms with E-state index in [2.05, 4.69) is 20.5 Å². The number of hydrogen-bond acceptors (Lipinski definition) is 4. The van der Waals surface area contributed by atoms with Crippen LogP contribution in [-0.2, 0) is 0 Å². The number of amides is 1. The second-order valence-electron chi connectivity index (χ2n) is 4.26. The third-order valence-corrected chi connectivity index (χ3v) is 3.56. The van der Waals surface area contributed by atoms with Crippen LogP contribution in [0.25, 0.3) is 11.3 Å². The Balaban J connectivity index is 1.81. The molecule has 1 amide bonds. The molecule has 2 N–H and O–H groups in total. The Morgan fingerprint density at radius 1 is 1.35 bits per heavy atom. The molecule has 2 heterocycles. The lowest BCUT2D eigenvalue weighted by molar-refractivity contribution is 0.102. The van der Waals surface area contributed by atoms with Gasteiger partial charge in [-0.1, -0.05) is 12.1 Å². The van der Waals surface area contributed by atoms with Crippen molar-refractivity contribution in [2.45, 2.75) is 6.92 Å². The summed E-state index contributed by atoms with van der Waals surface area (Å²) in [6.45, 7) is 1.88. The van der Waals surface area contributed by atoms with Crippen molar-refractivity contribution in [2.24, 2.45) is 0 Å². The number of H-pyrrole nitrogens is 1. The lowest BCUT2D eigenvalue weighted by Gasteiger charge is -2.05. The fraction of sp³-hybridized carbons (Fsp3) is 0.0714. The third-order valence-electron chi connectivity index (χ3n) is 2.78.